The van der Waals surface area contributed by atoms with Crippen molar-refractivity contribution in [3.8, 4) is 0 Å². The summed E-state index contributed by atoms with van der Waals surface area (Å²) in [6.07, 6.45) is 1.54. The average Bonchev–Trinajstić information content (AvgIpc) is 2.29. The molecule has 5 nitrogen and oxygen atoms in total. The van der Waals surface area contributed by atoms with Crippen molar-refractivity contribution < 1.29 is 18.5 Å². The minimum Gasteiger partial charge on any atom is -0.349 e. The summed E-state index contributed by atoms with van der Waals surface area (Å²) in [6, 6.07) is 1.04. The van der Waals surface area contributed by atoms with E-state index in [0.717, 1.165) is 12.8 Å². The van der Waals surface area contributed by atoms with Crippen molar-refractivity contribution in [2.75, 3.05) is 0 Å². The minimum atomic E-state index is -1.31. The lowest BCUT2D eigenvalue weighted by molar-refractivity contribution is -0.387. The molecule has 0 radical (unpaired) electrons. The van der Waals surface area contributed by atoms with Gasteiger partial charge in [0.15, 0.2) is 0 Å². The number of rotatable bonds is 3. The molecule has 0 heterocycles. The van der Waals surface area contributed by atoms with Gasteiger partial charge in [-0.05, 0) is 24.8 Å². The highest BCUT2D eigenvalue weighted by Gasteiger charge is 2.30. The van der Waals surface area contributed by atoms with Crippen LogP contribution in [0.2, 0.25) is 0 Å². The van der Waals surface area contributed by atoms with Gasteiger partial charge in [-0.15, -0.1) is 0 Å². The van der Waals surface area contributed by atoms with Crippen LogP contribution in [0.15, 0.2) is 12.1 Å². The Morgan fingerprint density at radius 1 is 1.42 bits per heavy atom. The molecule has 102 valence electrons. The molecule has 0 spiro atoms. The highest BCUT2D eigenvalue weighted by molar-refractivity contribution is 5.95. The molecule has 1 aromatic rings. The van der Waals surface area contributed by atoms with Crippen molar-refractivity contribution in [1.29, 1.82) is 0 Å². The van der Waals surface area contributed by atoms with E-state index in [-0.39, 0.29) is 6.04 Å². The zero-order valence-corrected chi connectivity index (χ0v) is 10.2. The fourth-order valence-electron chi connectivity index (χ4n) is 2.16. The zero-order chi connectivity index (χ0) is 14.2. The van der Waals surface area contributed by atoms with Crippen LogP contribution in [0.4, 0.5) is 14.5 Å². The molecule has 0 bridgehead atoms. The van der Waals surface area contributed by atoms with Gasteiger partial charge >= 0.3 is 5.69 Å². The molecule has 0 aliphatic heterocycles. The molecule has 1 fully saturated rings. The largest absolute Gasteiger partial charge is 0.349 e. The molecule has 0 saturated heterocycles. The van der Waals surface area contributed by atoms with Crippen molar-refractivity contribution in [3.05, 3.63) is 39.4 Å². The Morgan fingerprint density at radius 3 is 2.58 bits per heavy atom. The predicted molar refractivity (Wildman–Crippen MR) is 62.7 cm³/mol. The Bertz CT molecular complexity index is 542. The maximum Gasteiger partial charge on any atom is 0.308 e. The highest BCUT2D eigenvalue weighted by atomic mass is 19.1. The lowest BCUT2D eigenvalue weighted by Crippen LogP contribution is -2.43. The van der Waals surface area contributed by atoms with Gasteiger partial charge < -0.3 is 5.32 Å². The summed E-state index contributed by atoms with van der Waals surface area (Å²) in [7, 11) is 0. The number of carbonyl (C=O) groups is 1. The Morgan fingerprint density at radius 2 is 2.05 bits per heavy atom. The number of amides is 1. The number of halogens is 2. The van der Waals surface area contributed by atoms with Crippen molar-refractivity contribution in [3.63, 3.8) is 0 Å². The van der Waals surface area contributed by atoms with E-state index in [0.29, 0.717) is 18.1 Å². The number of nitro benzene ring substituents is 1. The van der Waals surface area contributed by atoms with Gasteiger partial charge in [-0.3, -0.25) is 14.9 Å². The van der Waals surface area contributed by atoms with Crippen LogP contribution in [0.1, 0.15) is 30.1 Å². The SMILES string of the molecule is CC1CC(NC(=O)c2cc(F)cc([N+](=O)[O-])c2F)C1. The Hall–Kier alpha value is -2.05. The molecule has 1 aliphatic carbocycles. The minimum absolute atomic E-state index is 0.0794. The van der Waals surface area contributed by atoms with Crippen LogP contribution < -0.4 is 5.32 Å². The second-order valence-corrected chi connectivity index (χ2v) is 4.79. The van der Waals surface area contributed by atoms with Crippen LogP contribution >= 0.6 is 0 Å². The molecule has 0 aromatic heterocycles. The predicted octanol–water partition coefficient (Wildman–Crippen LogP) is 2.40. The third kappa shape index (κ3) is 2.69. The third-order valence-corrected chi connectivity index (χ3v) is 3.17. The van der Waals surface area contributed by atoms with E-state index >= 15 is 0 Å². The van der Waals surface area contributed by atoms with Crippen LogP contribution in [-0.4, -0.2) is 16.9 Å². The maximum absolute atomic E-state index is 13.7. The molecule has 7 heteroatoms. The number of carbonyl (C=O) groups excluding carboxylic acids is 1. The van der Waals surface area contributed by atoms with Gasteiger partial charge in [-0.2, -0.15) is 4.39 Å². The van der Waals surface area contributed by atoms with E-state index in [1.54, 1.807) is 0 Å². The summed E-state index contributed by atoms with van der Waals surface area (Å²) >= 11 is 0. The van der Waals surface area contributed by atoms with Gasteiger partial charge in [0, 0.05) is 6.04 Å². The topological polar surface area (TPSA) is 72.2 Å². The summed E-state index contributed by atoms with van der Waals surface area (Å²) in [5, 5.41) is 13.1. The summed E-state index contributed by atoms with van der Waals surface area (Å²) in [4.78, 5) is 21.3. The van der Waals surface area contributed by atoms with Gasteiger partial charge in [0.25, 0.3) is 5.91 Å². The lowest BCUT2D eigenvalue weighted by atomic mass is 9.82. The second-order valence-electron chi connectivity index (χ2n) is 4.79. The van der Waals surface area contributed by atoms with E-state index < -0.39 is 33.7 Å². The summed E-state index contributed by atoms with van der Waals surface area (Å²) in [5.74, 6) is -2.66. The molecule has 1 N–H and O–H groups in total. The molecule has 19 heavy (non-hydrogen) atoms. The second kappa shape index (κ2) is 4.91. The molecule has 0 atom stereocenters. The van der Waals surface area contributed by atoms with Gasteiger partial charge in [-0.25, -0.2) is 4.39 Å². The highest BCUT2D eigenvalue weighted by Crippen LogP contribution is 2.27. The molecule has 1 aromatic carbocycles. The number of hydrogen-bond acceptors (Lipinski definition) is 3. The van der Waals surface area contributed by atoms with Crippen LogP contribution in [-0.2, 0) is 0 Å². The average molecular weight is 270 g/mol. The summed E-state index contributed by atoms with van der Waals surface area (Å²) < 4.78 is 26.9. The van der Waals surface area contributed by atoms with Crippen molar-refractivity contribution in [2.24, 2.45) is 5.92 Å². The first-order chi connectivity index (χ1) is 8.88. The van der Waals surface area contributed by atoms with Crippen LogP contribution in [0.25, 0.3) is 0 Å². The zero-order valence-electron chi connectivity index (χ0n) is 10.2. The molecular formula is C12H12F2N2O3. The van der Waals surface area contributed by atoms with Crippen molar-refractivity contribution in [1.82, 2.24) is 5.32 Å². The molecule has 1 amide bonds. The number of nitrogens with one attached hydrogen (secondary N) is 1. The van der Waals surface area contributed by atoms with Gasteiger partial charge in [-0.1, -0.05) is 6.92 Å². The fourth-order valence-corrected chi connectivity index (χ4v) is 2.16. The smallest absolute Gasteiger partial charge is 0.308 e. The fraction of sp³-hybridized carbons (Fsp3) is 0.417. The number of benzene rings is 1. The molecule has 2 rings (SSSR count). The van der Waals surface area contributed by atoms with Gasteiger partial charge in [0.05, 0.1) is 16.6 Å². The Balaban J connectivity index is 2.23. The third-order valence-electron chi connectivity index (χ3n) is 3.17. The molecule has 1 aliphatic rings. The van der Waals surface area contributed by atoms with Gasteiger partial charge in [0.2, 0.25) is 5.82 Å². The number of hydrogen-bond donors (Lipinski definition) is 1. The number of nitrogens with zero attached hydrogens (tertiary/aromatic N) is 1. The summed E-state index contributed by atoms with van der Waals surface area (Å²) in [6.45, 7) is 2.01. The monoisotopic (exact) mass is 270 g/mol. The van der Waals surface area contributed by atoms with E-state index in [4.69, 9.17) is 0 Å². The quantitative estimate of drug-likeness (QED) is 0.677. The molecule has 1 saturated carbocycles. The van der Waals surface area contributed by atoms with Crippen molar-refractivity contribution >= 4 is 11.6 Å². The first kappa shape index (κ1) is 13.4. The number of nitro groups is 1. The maximum atomic E-state index is 13.7. The molecule has 0 unspecified atom stereocenters. The van der Waals surface area contributed by atoms with E-state index in [1.807, 2.05) is 6.92 Å². The standard InChI is InChI=1S/C12H12F2N2O3/c1-6-2-8(3-6)15-12(17)9-4-7(13)5-10(11(9)14)16(18)19/h4-6,8H,2-3H2,1H3,(H,15,17). The van der Waals surface area contributed by atoms with Gasteiger partial charge in [0.1, 0.15) is 5.82 Å². The Labute approximate surface area is 107 Å². The van der Waals surface area contributed by atoms with Crippen LogP contribution in [0.3, 0.4) is 0 Å². The lowest BCUT2D eigenvalue weighted by Gasteiger charge is -2.33. The van der Waals surface area contributed by atoms with E-state index in [2.05, 4.69) is 5.32 Å². The normalized spacial score (nSPS) is 21.6. The Kier molecular flexibility index (Phi) is 3.46. The first-order valence-corrected chi connectivity index (χ1v) is 5.82. The van der Waals surface area contributed by atoms with E-state index in [1.165, 1.54) is 0 Å². The van der Waals surface area contributed by atoms with E-state index in [9.17, 15) is 23.7 Å². The van der Waals surface area contributed by atoms with Crippen LogP contribution in [0.5, 0.6) is 0 Å². The summed E-state index contributed by atoms with van der Waals surface area (Å²) in [5.41, 5.74) is -1.67. The van der Waals surface area contributed by atoms with Crippen molar-refractivity contribution in [2.45, 2.75) is 25.8 Å². The molecular weight excluding hydrogens is 258 g/mol. The van der Waals surface area contributed by atoms with Crippen LogP contribution in [0, 0.1) is 27.7 Å². The first-order valence-electron chi connectivity index (χ1n) is 5.82.